The zero-order valence-corrected chi connectivity index (χ0v) is 24.1. The van der Waals surface area contributed by atoms with E-state index in [9.17, 15) is 10.2 Å². The lowest BCUT2D eigenvalue weighted by molar-refractivity contribution is -0.0514. The first-order valence-corrected chi connectivity index (χ1v) is 14.3. The fourth-order valence-corrected chi connectivity index (χ4v) is 6.28. The van der Waals surface area contributed by atoms with Crippen molar-refractivity contribution in [1.82, 2.24) is 34.4 Å². The van der Waals surface area contributed by atoms with Gasteiger partial charge in [0.15, 0.2) is 17.7 Å². The van der Waals surface area contributed by atoms with E-state index in [2.05, 4.69) is 63.9 Å². The van der Waals surface area contributed by atoms with Crippen LogP contribution < -0.4 is 5.73 Å². The third kappa shape index (κ3) is 5.30. The van der Waals surface area contributed by atoms with Gasteiger partial charge < -0.3 is 35.3 Å². The molecule has 4 heterocycles. The summed E-state index contributed by atoms with van der Waals surface area (Å²) in [6.45, 7) is 5.55. The molecule has 1 aliphatic heterocycles. The Kier molecular flexibility index (Phi) is 7.45. The van der Waals surface area contributed by atoms with Gasteiger partial charge in [-0.25, -0.2) is 19.9 Å². The molecular formula is C29H40N8O4. The molecule has 1 saturated carbocycles. The van der Waals surface area contributed by atoms with Crippen molar-refractivity contribution >= 4 is 28.0 Å². The molecule has 6 rings (SSSR count). The molecule has 5 N–H and O–H groups in total. The highest BCUT2D eigenvalue weighted by molar-refractivity contribution is 5.81. The molecule has 12 heteroatoms. The number of nitrogens with zero attached hydrogens (tertiary/aromatic N) is 6. The van der Waals surface area contributed by atoms with E-state index >= 15 is 0 Å². The molecule has 4 atom stereocenters. The van der Waals surface area contributed by atoms with Crippen molar-refractivity contribution in [2.45, 2.75) is 75.5 Å². The first-order chi connectivity index (χ1) is 19.6. The van der Waals surface area contributed by atoms with Crippen LogP contribution in [-0.2, 0) is 21.3 Å². The highest BCUT2D eigenvalue weighted by Gasteiger charge is 2.45. The third-order valence-electron chi connectivity index (χ3n) is 8.91. The van der Waals surface area contributed by atoms with Crippen molar-refractivity contribution in [2.24, 2.45) is 5.92 Å². The minimum atomic E-state index is -1.11. The minimum absolute atomic E-state index is 0.0584. The number of nitrogens with one attached hydrogen (secondary N) is 1. The van der Waals surface area contributed by atoms with Gasteiger partial charge in [-0.3, -0.25) is 4.57 Å². The number of H-pyrrole nitrogens is 1. The number of likely N-dealkylation sites (N-methyl/N-ethyl adjacent to an activating group) is 1. The summed E-state index contributed by atoms with van der Waals surface area (Å²) in [6.07, 6.45) is 3.56. The average Bonchev–Trinajstić information content (AvgIpc) is 3.60. The fourth-order valence-electron chi connectivity index (χ4n) is 6.28. The maximum Gasteiger partial charge on any atom is 0.167 e. The van der Waals surface area contributed by atoms with E-state index in [1.165, 1.54) is 18.2 Å². The van der Waals surface area contributed by atoms with Gasteiger partial charge in [0, 0.05) is 31.5 Å². The standard InChI is InChI=1S/C29H40N8O4/c1-29(2,13-40-4)17-6-7-19-20(11-17)35-22(34-19)8-5-16-9-18(10-16)36(3)12-21-24(38)25(39)28(41-21)37-15-33-23-26(30)31-14-32-27(23)37/h6-7,11,14-16,18,21,24-25,28,38-39H,5,8-10,12-13H2,1-4H3,(H,34,35)(H2,30,31,32)/t16?,18?,21?,24?,25-,28-/m1/s1. The number of aromatic nitrogens is 6. The third-order valence-corrected chi connectivity index (χ3v) is 8.91. The normalized spacial score (nSPS) is 26.8. The Balaban J connectivity index is 1.00. The predicted octanol–water partition coefficient (Wildman–Crippen LogP) is 2.17. The van der Waals surface area contributed by atoms with E-state index in [1.807, 2.05) is 0 Å². The van der Waals surface area contributed by atoms with Crippen LogP contribution >= 0.6 is 0 Å². The molecule has 0 amide bonds. The van der Waals surface area contributed by atoms with Crippen LogP contribution in [0.1, 0.15) is 50.7 Å². The maximum atomic E-state index is 10.8. The SMILES string of the molecule is COCC(C)(C)c1ccc2nc(CCC3CC(N(C)CC4O[C@@H](n5cnc6c(N)ncnc65)[C@H](O)C4O)C3)[nH]c2c1. The molecule has 2 fully saturated rings. The molecule has 0 spiro atoms. The summed E-state index contributed by atoms with van der Waals surface area (Å²) >= 11 is 0. The monoisotopic (exact) mass is 564 g/mol. The summed E-state index contributed by atoms with van der Waals surface area (Å²) in [5.74, 6) is 1.91. The second kappa shape index (κ2) is 10.9. The lowest BCUT2D eigenvalue weighted by Gasteiger charge is -2.42. The van der Waals surface area contributed by atoms with Gasteiger partial charge in [0.25, 0.3) is 0 Å². The smallest absolute Gasteiger partial charge is 0.167 e. The number of methoxy groups -OCH3 is 1. The molecule has 1 saturated heterocycles. The summed E-state index contributed by atoms with van der Waals surface area (Å²) in [5.41, 5.74) is 10.0. The Hall–Kier alpha value is -3.16. The van der Waals surface area contributed by atoms with Crippen molar-refractivity contribution in [3.8, 4) is 0 Å². The molecular weight excluding hydrogens is 524 g/mol. The summed E-state index contributed by atoms with van der Waals surface area (Å²) < 4.78 is 13.1. The zero-order chi connectivity index (χ0) is 28.9. The number of aliphatic hydroxyl groups is 2. The van der Waals surface area contributed by atoms with Crippen LogP contribution in [-0.4, -0.2) is 96.3 Å². The molecule has 0 bridgehead atoms. The number of hydrogen-bond donors (Lipinski definition) is 4. The van der Waals surface area contributed by atoms with E-state index in [0.717, 1.165) is 42.5 Å². The Morgan fingerprint density at radius 1 is 1.20 bits per heavy atom. The minimum Gasteiger partial charge on any atom is -0.387 e. The van der Waals surface area contributed by atoms with Gasteiger partial charge in [0.1, 0.15) is 36.0 Å². The maximum absolute atomic E-state index is 10.8. The number of rotatable bonds is 10. The molecule has 3 aromatic heterocycles. The number of aryl methyl sites for hydroxylation is 1. The lowest BCUT2D eigenvalue weighted by atomic mass is 9.76. The van der Waals surface area contributed by atoms with Crippen molar-refractivity contribution in [2.75, 3.05) is 33.0 Å². The van der Waals surface area contributed by atoms with Crippen LogP contribution in [0.2, 0.25) is 0 Å². The summed E-state index contributed by atoms with van der Waals surface area (Å²) in [5, 5.41) is 21.5. The molecule has 1 aromatic carbocycles. The van der Waals surface area contributed by atoms with E-state index in [-0.39, 0.29) is 11.2 Å². The molecule has 220 valence electrons. The summed E-state index contributed by atoms with van der Waals surface area (Å²) in [4.78, 5) is 23.0. The van der Waals surface area contributed by atoms with E-state index in [0.29, 0.717) is 36.3 Å². The number of nitrogen functional groups attached to an aromatic ring is 1. The van der Waals surface area contributed by atoms with E-state index in [1.54, 1.807) is 11.7 Å². The number of aliphatic hydroxyl groups excluding tert-OH is 2. The summed E-state index contributed by atoms with van der Waals surface area (Å²) in [7, 11) is 3.79. The second-order valence-corrected chi connectivity index (χ2v) is 12.3. The van der Waals surface area contributed by atoms with Crippen LogP contribution in [0.15, 0.2) is 30.9 Å². The first kappa shape index (κ1) is 28.0. The summed E-state index contributed by atoms with van der Waals surface area (Å²) in [6, 6.07) is 6.84. The Morgan fingerprint density at radius 2 is 2.00 bits per heavy atom. The van der Waals surface area contributed by atoms with Crippen molar-refractivity contribution in [3.63, 3.8) is 0 Å². The molecule has 2 aliphatic rings. The van der Waals surface area contributed by atoms with Gasteiger partial charge in [-0.15, -0.1) is 0 Å². The van der Waals surface area contributed by atoms with Crippen molar-refractivity contribution in [1.29, 1.82) is 0 Å². The molecule has 12 nitrogen and oxygen atoms in total. The highest BCUT2D eigenvalue weighted by Crippen LogP contribution is 2.37. The van der Waals surface area contributed by atoms with Crippen LogP contribution in [0.5, 0.6) is 0 Å². The Labute approximate surface area is 238 Å². The van der Waals surface area contributed by atoms with Crippen LogP contribution in [0.3, 0.4) is 0 Å². The largest absolute Gasteiger partial charge is 0.387 e. The Bertz CT molecular complexity index is 1510. The number of imidazole rings is 2. The molecule has 4 aromatic rings. The van der Waals surface area contributed by atoms with E-state index < -0.39 is 24.5 Å². The zero-order valence-electron chi connectivity index (χ0n) is 24.1. The quantitative estimate of drug-likeness (QED) is 0.225. The molecule has 1 aliphatic carbocycles. The number of nitrogens with two attached hydrogens (primary N) is 1. The lowest BCUT2D eigenvalue weighted by Crippen LogP contribution is -2.47. The number of anilines is 1. The van der Waals surface area contributed by atoms with Crippen LogP contribution in [0.25, 0.3) is 22.2 Å². The number of aromatic amines is 1. The number of benzene rings is 1. The van der Waals surface area contributed by atoms with Crippen molar-refractivity contribution in [3.05, 3.63) is 42.2 Å². The Morgan fingerprint density at radius 3 is 2.78 bits per heavy atom. The molecule has 0 radical (unpaired) electrons. The van der Waals surface area contributed by atoms with Gasteiger partial charge in [-0.1, -0.05) is 19.9 Å². The molecule has 2 unspecified atom stereocenters. The van der Waals surface area contributed by atoms with Crippen LogP contribution in [0, 0.1) is 5.92 Å². The van der Waals surface area contributed by atoms with Crippen LogP contribution in [0.4, 0.5) is 5.82 Å². The van der Waals surface area contributed by atoms with Gasteiger partial charge in [-0.2, -0.15) is 0 Å². The molecule has 41 heavy (non-hydrogen) atoms. The van der Waals surface area contributed by atoms with Gasteiger partial charge in [-0.05, 0) is 49.9 Å². The predicted molar refractivity (Wildman–Crippen MR) is 154 cm³/mol. The second-order valence-electron chi connectivity index (χ2n) is 12.3. The number of ether oxygens (including phenoxy) is 2. The average molecular weight is 565 g/mol. The fraction of sp³-hybridized carbons (Fsp3) is 0.586. The number of fused-ring (bicyclic) bond motifs is 2. The van der Waals surface area contributed by atoms with E-state index in [4.69, 9.17) is 20.2 Å². The topological polar surface area (TPSA) is 160 Å². The van der Waals surface area contributed by atoms with Gasteiger partial charge in [0.2, 0.25) is 0 Å². The van der Waals surface area contributed by atoms with Gasteiger partial charge >= 0.3 is 0 Å². The first-order valence-electron chi connectivity index (χ1n) is 14.3. The highest BCUT2D eigenvalue weighted by atomic mass is 16.6. The van der Waals surface area contributed by atoms with Gasteiger partial charge in [0.05, 0.1) is 24.0 Å². The number of hydrogen-bond acceptors (Lipinski definition) is 10. The van der Waals surface area contributed by atoms with Crippen molar-refractivity contribution < 1.29 is 19.7 Å².